The molecule has 0 radical (unpaired) electrons. The molecule has 0 bridgehead atoms. The summed E-state index contributed by atoms with van der Waals surface area (Å²) in [4.78, 5) is 18.4. The van der Waals surface area contributed by atoms with E-state index in [1.807, 2.05) is 0 Å². The minimum Gasteiger partial charge on any atom is -0.545 e. The average molecular weight is 272 g/mol. The van der Waals surface area contributed by atoms with E-state index in [4.69, 9.17) is 11.6 Å². The smallest absolute Gasteiger partial charge is 0.0743 e. The molecule has 0 fully saturated rings. The van der Waals surface area contributed by atoms with Crippen molar-refractivity contribution in [1.29, 1.82) is 0 Å². The van der Waals surface area contributed by atoms with Crippen LogP contribution < -0.4 is 5.11 Å². The molecule has 2 heterocycles. The van der Waals surface area contributed by atoms with E-state index in [-0.39, 0.29) is 5.56 Å². The van der Waals surface area contributed by atoms with Gasteiger partial charge in [-0.3, -0.25) is 4.98 Å². The molecule has 1 aromatic carbocycles. The van der Waals surface area contributed by atoms with Crippen LogP contribution in [0.4, 0.5) is 0 Å². The maximum absolute atomic E-state index is 11.4. The number of hydrogen-bond donors (Lipinski definition) is 1. The van der Waals surface area contributed by atoms with E-state index in [0.29, 0.717) is 27.2 Å². The van der Waals surface area contributed by atoms with Crippen LogP contribution in [0.15, 0.2) is 42.7 Å². The van der Waals surface area contributed by atoms with Crippen LogP contribution in [0.5, 0.6) is 0 Å². The first kappa shape index (κ1) is 11.7. The normalized spacial score (nSPS) is 10.8. The molecule has 0 aliphatic carbocycles. The highest BCUT2D eigenvalue weighted by Gasteiger charge is 2.14. The molecule has 0 spiro atoms. The number of pyridine rings is 1. The number of rotatable bonds is 2. The summed E-state index contributed by atoms with van der Waals surface area (Å²) < 4.78 is 0. The fraction of sp³-hybridized carbons (Fsp3) is 0. The quantitative estimate of drug-likeness (QED) is 0.777. The number of carboxylic acid groups (broad SMARTS) is 1. The Morgan fingerprint density at radius 2 is 2.16 bits per heavy atom. The van der Waals surface area contributed by atoms with E-state index in [1.165, 1.54) is 0 Å². The molecule has 0 atom stereocenters. The number of aromatic amines is 1. The van der Waals surface area contributed by atoms with E-state index < -0.39 is 5.97 Å². The van der Waals surface area contributed by atoms with Gasteiger partial charge in [-0.2, -0.15) is 0 Å². The Labute approximate surface area is 113 Å². The second kappa shape index (κ2) is 4.40. The van der Waals surface area contributed by atoms with Gasteiger partial charge < -0.3 is 14.9 Å². The Morgan fingerprint density at radius 3 is 2.84 bits per heavy atom. The second-order valence-corrected chi connectivity index (χ2v) is 4.53. The number of nitrogens with one attached hydrogen (secondary N) is 1. The zero-order valence-corrected chi connectivity index (χ0v) is 10.4. The second-order valence-electron chi connectivity index (χ2n) is 4.09. The van der Waals surface area contributed by atoms with Crippen LogP contribution in [0.1, 0.15) is 10.4 Å². The lowest BCUT2D eigenvalue weighted by Gasteiger charge is -2.05. The van der Waals surface area contributed by atoms with Crippen LogP contribution in [-0.2, 0) is 0 Å². The number of carboxylic acids is 1. The number of aromatic carboxylic acids is 1. The zero-order chi connectivity index (χ0) is 13.4. The van der Waals surface area contributed by atoms with Crippen LogP contribution in [0, 0.1) is 0 Å². The van der Waals surface area contributed by atoms with Crippen molar-refractivity contribution in [1.82, 2.24) is 9.97 Å². The monoisotopic (exact) mass is 271 g/mol. The molecule has 4 nitrogen and oxygen atoms in total. The highest BCUT2D eigenvalue weighted by Crippen LogP contribution is 2.31. The van der Waals surface area contributed by atoms with Gasteiger partial charge in [0.1, 0.15) is 0 Å². The molecule has 0 amide bonds. The first-order valence-electron chi connectivity index (χ1n) is 5.60. The molecule has 1 N–H and O–H groups in total. The van der Waals surface area contributed by atoms with Crippen LogP contribution in [0.25, 0.3) is 22.2 Å². The van der Waals surface area contributed by atoms with E-state index in [1.54, 1.807) is 42.7 Å². The Hall–Kier alpha value is -2.33. The highest BCUT2D eigenvalue weighted by atomic mass is 35.5. The SMILES string of the molecule is O=C([O-])c1c(-c2cccnc2)[nH]c2ccc(Cl)cc12. The maximum atomic E-state index is 11.4. The predicted octanol–water partition coefficient (Wildman–Crippen LogP) is 2.25. The van der Waals surface area contributed by atoms with Gasteiger partial charge in [0.25, 0.3) is 0 Å². The fourth-order valence-electron chi connectivity index (χ4n) is 2.10. The number of benzene rings is 1. The summed E-state index contributed by atoms with van der Waals surface area (Å²) in [7, 11) is 0. The first-order valence-corrected chi connectivity index (χ1v) is 5.97. The summed E-state index contributed by atoms with van der Waals surface area (Å²) in [5, 5.41) is 12.4. The molecule has 94 valence electrons. The highest BCUT2D eigenvalue weighted by molar-refractivity contribution is 6.31. The Morgan fingerprint density at radius 1 is 1.32 bits per heavy atom. The van der Waals surface area contributed by atoms with Gasteiger partial charge >= 0.3 is 0 Å². The molecule has 19 heavy (non-hydrogen) atoms. The topological polar surface area (TPSA) is 68.8 Å². The van der Waals surface area contributed by atoms with E-state index in [2.05, 4.69) is 9.97 Å². The lowest BCUT2D eigenvalue weighted by atomic mass is 10.1. The van der Waals surface area contributed by atoms with Crippen molar-refractivity contribution in [3.05, 3.63) is 53.3 Å². The van der Waals surface area contributed by atoms with Crippen molar-refractivity contribution in [2.24, 2.45) is 0 Å². The van der Waals surface area contributed by atoms with Gasteiger partial charge in [0.15, 0.2) is 0 Å². The van der Waals surface area contributed by atoms with E-state index in [9.17, 15) is 9.90 Å². The Balaban J connectivity index is 2.36. The summed E-state index contributed by atoms with van der Waals surface area (Å²) in [6, 6.07) is 8.58. The van der Waals surface area contributed by atoms with Crippen molar-refractivity contribution in [2.45, 2.75) is 0 Å². The molecule has 5 heteroatoms. The molecule has 0 saturated heterocycles. The third kappa shape index (κ3) is 1.96. The summed E-state index contributed by atoms with van der Waals surface area (Å²) in [5.74, 6) is -1.24. The van der Waals surface area contributed by atoms with Gasteiger partial charge in [-0.25, -0.2) is 0 Å². The Bertz CT molecular complexity index is 766. The minimum atomic E-state index is -1.24. The van der Waals surface area contributed by atoms with Crippen LogP contribution in [-0.4, -0.2) is 15.9 Å². The van der Waals surface area contributed by atoms with Gasteiger partial charge in [0.05, 0.1) is 11.7 Å². The maximum Gasteiger partial charge on any atom is 0.0743 e. The molecule has 3 aromatic rings. The number of hydrogen-bond acceptors (Lipinski definition) is 3. The molecule has 0 aliphatic rings. The van der Waals surface area contributed by atoms with Crippen molar-refractivity contribution in [3.8, 4) is 11.3 Å². The third-order valence-electron chi connectivity index (χ3n) is 2.91. The van der Waals surface area contributed by atoms with Crippen LogP contribution in [0.3, 0.4) is 0 Å². The molecule has 0 saturated carbocycles. The summed E-state index contributed by atoms with van der Waals surface area (Å²) in [6.45, 7) is 0. The molecule has 2 aromatic heterocycles. The van der Waals surface area contributed by atoms with Crippen molar-refractivity contribution in [3.63, 3.8) is 0 Å². The molecule has 3 rings (SSSR count). The lowest BCUT2D eigenvalue weighted by Crippen LogP contribution is -2.22. The van der Waals surface area contributed by atoms with Crippen LogP contribution in [0.2, 0.25) is 5.02 Å². The fourth-order valence-corrected chi connectivity index (χ4v) is 2.28. The first-order chi connectivity index (χ1) is 9.16. The molecular weight excluding hydrogens is 264 g/mol. The number of carbonyl (C=O) groups excluding carboxylic acids is 1. The van der Waals surface area contributed by atoms with E-state index >= 15 is 0 Å². The number of carbonyl (C=O) groups is 1. The average Bonchev–Trinajstić information content (AvgIpc) is 2.78. The van der Waals surface area contributed by atoms with Crippen LogP contribution >= 0.6 is 11.6 Å². The number of halogens is 1. The summed E-state index contributed by atoms with van der Waals surface area (Å²) in [6.07, 6.45) is 3.22. The molecule has 0 unspecified atom stereocenters. The third-order valence-corrected chi connectivity index (χ3v) is 3.15. The number of H-pyrrole nitrogens is 1. The van der Waals surface area contributed by atoms with Crippen molar-refractivity contribution >= 4 is 28.5 Å². The summed E-state index contributed by atoms with van der Waals surface area (Å²) >= 11 is 5.91. The number of nitrogens with zero attached hydrogens (tertiary/aromatic N) is 1. The Kier molecular flexibility index (Phi) is 2.72. The lowest BCUT2D eigenvalue weighted by molar-refractivity contribution is -0.254. The van der Waals surface area contributed by atoms with Gasteiger partial charge in [-0.05, 0) is 30.3 Å². The predicted molar refractivity (Wildman–Crippen MR) is 70.9 cm³/mol. The van der Waals surface area contributed by atoms with Gasteiger partial charge in [0.2, 0.25) is 0 Å². The zero-order valence-electron chi connectivity index (χ0n) is 9.68. The van der Waals surface area contributed by atoms with Gasteiger partial charge in [0, 0.05) is 39.4 Å². The summed E-state index contributed by atoms with van der Waals surface area (Å²) in [5.41, 5.74) is 1.97. The molecular formula is C14H8ClN2O2-. The molecule has 0 aliphatic heterocycles. The van der Waals surface area contributed by atoms with Gasteiger partial charge in [-0.15, -0.1) is 0 Å². The van der Waals surface area contributed by atoms with Crippen molar-refractivity contribution < 1.29 is 9.90 Å². The largest absolute Gasteiger partial charge is 0.545 e. The van der Waals surface area contributed by atoms with Gasteiger partial charge in [-0.1, -0.05) is 11.6 Å². The number of fused-ring (bicyclic) bond motifs is 1. The van der Waals surface area contributed by atoms with Crippen molar-refractivity contribution in [2.75, 3.05) is 0 Å². The van der Waals surface area contributed by atoms with E-state index in [0.717, 1.165) is 0 Å². The minimum absolute atomic E-state index is 0.102. The standard InChI is InChI=1S/C14H9ClN2O2/c15-9-3-4-11-10(6-9)12(14(18)19)13(17-11)8-2-1-5-16-7-8/h1-7,17H,(H,18,19)/p-1. The number of aromatic nitrogens is 2.